The lowest BCUT2D eigenvalue weighted by Crippen LogP contribution is -2.26. The summed E-state index contributed by atoms with van der Waals surface area (Å²) in [7, 11) is 0. The molecule has 3 heterocycles. The Kier molecular flexibility index (Phi) is 0.964. The van der Waals surface area contributed by atoms with Crippen LogP contribution in [0.1, 0.15) is 0 Å². The molecule has 0 aromatic rings. The van der Waals surface area contributed by atoms with Crippen LogP contribution in [0, 0.1) is 11.8 Å². The number of amides is 1. The van der Waals surface area contributed by atoms with E-state index in [1.807, 2.05) is 12.2 Å². The van der Waals surface area contributed by atoms with E-state index in [-0.39, 0.29) is 30.0 Å². The molecule has 62 valence electrons. The molecule has 3 aliphatic heterocycles. The maximum atomic E-state index is 11.4. The molecule has 2 bridgehead atoms. The van der Waals surface area contributed by atoms with Gasteiger partial charge in [-0.2, -0.15) is 0 Å². The summed E-state index contributed by atoms with van der Waals surface area (Å²) in [6.07, 6.45) is 4.09. The third kappa shape index (κ3) is 0.547. The molecule has 3 rings (SSSR count). The number of hydrogen-bond acceptors (Lipinski definition) is 2. The van der Waals surface area contributed by atoms with Gasteiger partial charge in [0.25, 0.3) is 0 Å². The van der Waals surface area contributed by atoms with Crippen LogP contribution in [0.4, 0.5) is 0 Å². The van der Waals surface area contributed by atoms with Gasteiger partial charge < -0.3 is 10.1 Å². The lowest BCUT2D eigenvalue weighted by atomic mass is 9.84. The van der Waals surface area contributed by atoms with Crippen molar-refractivity contribution < 1.29 is 9.53 Å². The number of carbonyl (C=O) groups is 1. The zero-order chi connectivity index (χ0) is 8.29. The molecule has 4 unspecified atom stereocenters. The summed E-state index contributed by atoms with van der Waals surface area (Å²) in [6.45, 7) is 3.82. The fraction of sp³-hybridized carbons (Fsp3) is 0.444. The molecule has 1 N–H and O–H groups in total. The summed E-state index contributed by atoms with van der Waals surface area (Å²) >= 11 is 0. The van der Waals surface area contributed by atoms with Crippen molar-refractivity contribution in [3.8, 4) is 0 Å². The van der Waals surface area contributed by atoms with Crippen molar-refractivity contribution in [2.24, 2.45) is 11.8 Å². The molecule has 3 nitrogen and oxygen atoms in total. The van der Waals surface area contributed by atoms with Crippen LogP contribution in [-0.4, -0.2) is 18.1 Å². The molecular formula is C9H9NO2. The number of fused-ring (bicyclic) bond motifs is 5. The smallest absolute Gasteiger partial charge is 0.230 e. The van der Waals surface area contributed by atoms with Gasteiger partial charge in [-0.15, -0.1) is 0 Å². The van der Waals surface area contributed by atoms with Gasteiger partial charge in [0.05, 0.1) is 18.1 Å². The molecule has 0 spiro atoms. The first kappa shape index (κ1) is 6.43. The Bertz CT molecular complexity index is 280. The first-order valence-corrected chi connectivity index (χ1v) is 4.11. The van der Waals surface area contributed by atoms with Gasteiger partial charge in [0.15, 0.2) is 0 Å². The molecule has 12 heavy (non-hydrogen) atoms. The monoisotopic (exact) mass is 163 g/mol. The predicted octanol–water partition coefficient (Wildman–Crippen LogP) is 0.199. The van der Waals surface area contributed by atoms with Gasteiger partial charge in [-0.1, -0.05) is 18.7 Å². The summed E-state index contributed by atoms with van der Waals surface area (Å²) in [5.74, 6) is 0.252. The van der Waals surface area contributed by atoms with Crippen molar-refractivity contribution in [1.29, 1.82) is 0 Å². The molecule has 0 aromatic heterocycles. The van der Waals surface area contributed by atoms with E-state index >= 15 is 0 Å². The number of ether oxygens (including phenoxy) is 1. The minimum Gasteiger partial charge on any atom is -0.365 e. The van der Waals surface area contributed by atoms with Crippen molar-refractivity contribution in [2.45, 2.75) is 12.2 Å². The minimum atomic E-state index is -0.00694. The normalized spacial score (nSPS) is 48.3. The van der Waals surface area contributed by atoms with Gasteiger partial charge in [-0.05, 0) is 0 Å². The Morgan fingerprint density at radius 1 is 1.33 bits per heavy atom. The maximum absolute atomic E-state index is 11.4. The van der Waals surface area contributed by atoms with Crippen LogP contribution in [0.2, 0.25) is 0 Å². The van der Waals surface area contributed by atoms with E-state index < -0.39 is 0 Å². The van der Waals surface area contributed by atoms with Crippen molar-refractivity contribution in [1.82, 2.24) is 5.32 Å². The molecule has 0 aromatic carbocycles. The molecule has 0 saturated carbocycles. The third-order valence-corrected chi connectivity index (χ3v) is 2.89. The van der Waals surface area contributed by atoms with E-state index in [0.29, 0.717) is 0 Å². The topological polar surface area (TPSA) is 38.3 Å². The molecule has 2 saturated heterocycles. The Morgan fingerprint density at radius 2 is 2.00 bits per heavy atom. The Labute approximate surface area is 70.1 Å². The van der Waals surface area contributed by atoms with Gasteiger partial charge in [-0.25, -0.2) is 0 Å². The molecule has 0 radical (unpaired) electrons. The first-order chi connectivity index (χ1) is 5.77. The number of rotatable bonds is 0. The van der Waals surface area contributed by atoms with Crippen LogP contribution < -0.4 is 5.32 Å². The molecule has 3 heteroatoms. The lowest BCUT2D eigenvalue weighted by Gasteiger charge is -2.13. The summed E-state index contributed by atoms with van der Waals surface area (Å²) in [5, 5.41) is 2.77. The van der Waals surface area contributed by atoms with Crippen molar-refractivity contribution in [2.75, 3.05) is 0 Å². The van der Waals surface area contributed by atoms with E-state index in [9.17, 15) is 4.79 Å². The van der Waals surface area contributed by atoms with Crippen LogP contribution >= 0.6 is 0 Å². The first-order valence-electron chi connectivity index (χ1n) is 4.11. The number of nitrogens with one attached hydrogen (secondary N) is 1. The lowest BCUT2D eigenvalue weighted by molar-refractivity contribution is -0.123. The zero-order valence-electron chi connectivity index (χ0n) is 6.49. The van der Waals surface area contributed by atoms with E-state index in [2.05, 4.69) is 11.9 Å². The van der Waals surface area contributed by atoms with Gasteiger partial charge in [0.1, 0.15) is 0 Å². The van der Waals surface area contributed by atoms with E-state index in [1.165, 1.54) is 0 Å². The molecule has 4 atom stereocenters. The SMILES string of the molecule is C=C1NC(=O)C2C3C=CC(O3)C12. The highest BCUT2D eigenvalue weighted by atomic mass is 16.5. The van der Waals surface area contributed by atoms with Crippen molar-refractivity contribution >= 4 is 5.91 Å². The predicted molar refractivity (Wildman–Crippen MR) is 42.1 cm³/mol. The van der Waals surface area contributed by atoms with Crippen LogP contribution in [0.5, 0.6) is 0 Å². The van der Waals surface area contributed by atoms with E-state index in [1.54, 1.807) is 0 Å². The van der Waals surface area contributed by atoms with Crippen LogP contribution in [0.3, 0.4) is 0 Å². The van der Waals surface area contributed by atoms with Crippen LogP contribution in [0.15, 0.2) is 24.4 Å². The highest BCUT2D eigenvalue weighted by Gasteiger charge is 2.54. The average molecular weight is 163 g/mol. The maximum Gasteiger partial charge on any atom is 0.230 e. The second-order valence-corrected chi connectivity index (χ2v) is 3.52. The standard InChI is InChI=1S/C9H9NO2/c1-4-7-5-2-3-6(12-5)8(7)9(11)10-4/h2-3,5-8H,1H2,(H,10,11). The van der Waals surface area contributed by atoms with Gasteiger partial charge in [0.2, 0.25) is 5.91 Å². The van der Waals surface area contributed by atoms with Gasteiger partial charge in [-0.3, -0.25) is 4.79 Å². The quantitative estimate of drug-likeness (QED) is 0.518. The second-order valence-electron chi connectivity index (χ2n) is 3.52. The Morgan fingerprint density at radius 3 is 2.67 bits per heavy atom. The molecule has 2 fully saturated rings. The summed E-state index contributed by atoms with van der Waals surface area (Å²) in [6, 6.07) is 0. The minimum absolute atomic E-state index is 0.000694. The summed E-state index contributed by atoms with van der Waals surface area (Å²) < 4.78 is 5.55. The van der Waals surface area contributed by atoms with Gasteiger partial charge in [0, 0.05) is 11.6 Å². The van der Waals surface area contributed by atoms with Crippen LogP contribution in [-0.2, 0) is 9.53 Å². The number of hydrogen-bond donors (Lipinski definition) is 1. The zero-order valence-corrected chi connectivity index (χ0v) is 6.49. The van der Waals surface area contributed by atoms with Crippen LogP contribution in [0.25, 0.3) is 0 Å². The molecule has 3 aliphatic rings. The average Bonchev–Trinajstić information content (AvgIpc) is 2.64. The fourth-order valence-corrected chi connectivity index (χ4v) is 2.36. The molecule has 0 aliphatic carbocycles. The summed E-state index contributed by atoms with van der Waals surface area (Å²) in [4.78, 5) is 11.4. The van der Waals surface area contributed by atoms with Crippen molar-refractivity contribution in [3.05, 3.63) is 24.4 Å². The third-order valence-electron chi connectivity index (χ3n) is 2.89. The fourth-order valence-electron chi connectivity index (χ4n) is 2.36. The molecular weight excluding hydrogens is 154 g/mol. The van der Waals surface area contributed by atoms with E-state index in [4.69, 9.17) is 4.74 Å². The highest BCUT2D eigenvalue weighted by molar-refractivity contribution is 5.86. The van der Waals surface area contributed by atoms with E-state index in [0.717, 1.165) is 5.70 Å². The Hall–Kier alpha value is -1.09. The van der Waals surface area contributed by atoms with Crippen molar-refractivity contribution in [3.63, 3.8) is 0 Å². The summed E-state index contributed by atoms with van der Waals surface area (Å²) in [5.41, 5.74) is 0.821. The molecule has 1 amide bonds. The Balaban J connectivity index is 2.08. The highest BCUT2D eigenvalue weighted by Crippen LogP contribution is 2.44. The largest absolute Gasteiger partial charge is 0.365 e. The van der Waals surface area contributed by atoms with Gasteiger partial charge >= 0.3 is 0 Å². The number of carbonyl (C=O) groups excluding carboxylic acids is 1. The second kappa shape index (κ2) is 1.80.